The SMILES string of the molecule is CCC(OC(=O)c1ccncc1)C(=O)Nc1ccc(S(=O)(=O)Nc2ccc(Cl)nn2)cc1. The van der Waals surface area contributed by atoms with Gasteiger partial charge in [-0.25, -0.2) is 13.2 Å². The van der Waals surface area contributed by atoms with Gasteiger partial charge in [0, 0.05) is 18.1 Å². The van der Waals surface area contributed by atoms with E-state index in [1.807, 2.05) is 0 Å². The third-order valence-electron chi connectivity index (χ3n) is 4.13. The lowest BCUT2D eigenvalue weighted by molar-refractivity contribution is -0.124. The third-order valence-corrected chi connectivity index (χ3v) is 5.70. The monoisotopic (exact) mass is 475 g/mol. The molecule has 2 N–H and O–H groups in total. The smallest absolute Gasteiger partial charge is 0.339 e. The Morgan fingerprint density at radius 2 is 1.72 bits per heavy atom. The molecule has 1 atom stereocenters. The number of halogens is 1. The zero-order valence-corrected chi connectivity index (χ0v) is 18.3. The van der Waals surface area contributed by atoms with E-state index >= 15 is 0 Å². The Balaban J connectivity index is 1.64. The lowest BCUT2D eigenvalue weighted by Gasteiger charge is -2.16. The van der Waals surface area contributed by atoms with Gasteiger partial charge in [-0.15, -0.1) is 10.2 Å². The maximum Gasteiger partial charge on any atom is 0.339 e. The van der Waals surface area contributed by atoms with E-state index in [2.05, 4.69) is 25.2 Å². The van der Waals surface area contributed by atoms with Gasteiger partial charge in [-0.2, -0.15) is 0 Å². The van der Waals surface area contributed by atoms with Crippen molar-refractivity contribution < 1.29 is 22.7 Å². The van der Waals surface area contributed by atoms with E-state index in [0.29, 0.717) is 5.69 Å². The Morgan fingerprint density at radius 3 is 2.31 bits per heavy atom. The van der Waals surface area contributed by atoms with Crippen LogP contribution in [0.5, 0.6) is 0 Å². The van der Waals surface area contributed by atoms with Crippen molar-refractivity contribution in [2.24, 2.45) is 0 Å². The molecule has 12 heteroatoms. The van der Waals surface area contributed by atoms with Crippen molar-refractivity contribution in [3.05, 3.63) is 71.6 Å². The average molecular weight is 476 g/mol. The van der Waals surface area contributed by atoms with Crippen LogP contribution in [0.15, 0.2) is 65.8 Å². The van der Waals surface area contributed by atoms with Gasteiger partial charge in [0.1, 0.15) is 0 Å². The van der Waals surface area contributed by atoms with Gasteiger partial charge in [0.25, 0.3) is 15.9 Å². The summed E-state index contributed by atoms with van der Waals surface area (Å²) in [5, 5.41) is 9.95. The largest absolute Gasteiger partial charge is 0.449 e. The van der Waals surface area contributed by atoms with Crippen LogP contribution in [-0.2, 0) is 19.6 Å². The predicted octanol–water partition coefficient (Wildman–Crippen LogP) is 2.90. The molecule has 0 saturated carbocycles. The van der Waals surface area contributed by atoms with Crippen molar-refractivity contribution in [2.75, 3.05) is 10.0 Å². The summed E-state index contributed by atoms with van der Waals surface area (Å²) in [6.45, 7) is 1.70. The second-order valence-corrected chi connectivity index (χ2v) is 8.47. The minimum absolute atomic E-state index is 0.00794. The fourth-order valence-electron chi connectivity index (χ4n) is 2.51. The number of hydrogen-bond donors (Lipinski definition) is 2. The molecule has 32 heavy (non-hydrogen) atoms. The van der Waals surface area contributed by atoms with Gasteiger partial charge in [-0.3, -0.25) is 14.5 Å². The molecule has 10 nitrogen and oxygen atoms in total. The van der Waals surface area contributed by atoms with Gasteiger partial charge in [-0.1, -0.05) is 18.5 Å². The number of benzene rings is 1. The lowest BCUT2D eigenvalue weighted by atomic mass is 10.2. The van der Waals surface area contributed by atoms with Crippen LogP contribution in [-0.4, -0.2) is 41.6 Å². The van der Waals surface area contributed by atoms with Crippen LogP contribution in [0.3, 0.4) is 0 Å². The van der Waals surface area contributed by atoms with Crippen LogP contribution < -0.4 is 10.0 Å². The maximum atomic E-state index is 12.5. The van der Waals surface area contributed by atoms with Gasteiger partial charge in [0.05, 0.1) is 10.5 Å². The number of sulfonamides is 1. The minimum Gasteiger partial charge on any atom is -0.449 e. The molecular formula is C20H18ClN5O5S. The minimum atomic E-state index is -3.92. The molecule has 2 aromatic heterocycles. The van der Waals surface area contributed by atoms with E-state index in [-0.39, 0.29) is 27.9 Å². The number of anilines is 2. The fourth-order valence-corrected chi connectivity index (χ4v) is 3.61. The quantitative estimate of drug-likeness (QED) is 0.474. The molecule has 3 rings (SSSR count). The highest BCUT2D eigenvalue weighted by molar-refractivity contribution is 7.92. The molecule has 0 aliphatic rings. The van der Waals surface area contributed by atoms with Crippen molar-refractivity contribution in [1.82, 2.24) is 15.2 Å². The summed E-state index contributed by atoms with van der Waals surface area (Å²) in [6, 6.07) is 11.2. The molecule has 3 aromatic rings. The van der Waals surface area contributed by atoms with Gasteiger partial charge >= 0.3 is 5.97 Å². The van der Waals surface area contributed by atoms with Crippen molar-refractivity contribution in [3.63, 3.8) is 0 Å². The molecule has 1 unspecified atom stereocenters. The van der Waals surface area contributed by atoms with Crippen LogP contribution >= 0.6 is 11.6 Å². The molecular weight excluding hydrogens is 458 g/mol. The standard InChI is InChI=1S/C20H18ClN5O5S/c1-2-16(31-20(28)13-9-11-22-12-10-13)19(27)23-14-3-5-15(6-4-14)32(29,30)26-18-8-7-17(21)24-25-18/h3-12,16H,2H2,1H3,(H,23,27)(H,25,26). The van der Waals surface area contributed by atoms with Crippen LogP contribution in [0.4, 0.5) is 11.5 Å². The molecule has 0 saturated heterocycles. The molecule has 0 fully saturated rings. The summed E-state index contributed by atoms with van der Waals surface area (Å²) in [7, 11) is -3.92. The summed E-state index contributed by atoms with van der Waals surface area (Å²) in [5.74, 6) is -1.18. The van der Waals surface area contributed by atoms with E-state index < -0.39 is 28.0 Å². The van der Waals surface area contributed by atoms with E-state index in [4.69, 9.17) is 16.3 Å². The second-order valence-electron chi connectivity index (χ2n) is 6.40. The third kappa shape index (κ3) is 5.99. The van der Waals surface area contributed by atoms with Crippen molar-refractivity contribution >= 4 is 45.0 Å². The Hall–Kier alpha value is -3.57. The molecule has 0 radical (unpaired) electrons. The van der Waals surface area contributed by atoms with E-state index in [0.717, 1.165) is 0 Å². The van der Waals surface area contributed by atoms with E-state index in [1.165, 1.54) is 60.9 Å². The van der Waals surface area contributed by atoms with E-state index in [1.54, 1.807) is 6.92 Å². The first-order valence-corrected chi connectivity index (χ1v) is 11.2. The first kappa shape index (κ1) is 23.1. The number of esters is 1. The molecule has 166 valence electrons. The second kappa shape index (κ2) is 10.2. The lowest BCUT2D eigenvalue weighted by Crippen LogP contribution is -2.32. The summed E-state index contributed by atoms with van der Waals surface area (Å²) >= 11 is 5.63. The number of aromatic nitrogens is 3. The average Bonchev–Trinajstić information content (AvgIpc) is 2.79. The Kier molecular flexibility index (Phi) is 7.33. The van der Waals surface area contributed by atoms with Gasteiger partial charge in [0.15, 0.2) is 17.1 Å². The van der Waals surface area contributed by atoms with Gasteiger partial charge in [0.2, 0.25) is 0 Å². The number of carbonyl (C=O) groups is 2. The zero-order chi connectivity index (χ0) is 23.1. The number of nitrogens with zero attached hydrogens (tertiary/aromatic N) is 3. The first-order valence-electron chi connectivity index (χ1n) is 9.32. The normalized spacial score (nSPS) is 11.9. The Morgan fingerprint density at radius 1 is 1.03 bits per heavy atom. The molecule has 0 spiro atoms. The maximum absolute atomic E-state index is 12.5. The van der Waals surface area contributed by atoms with Crippen molar-refractivity contribution in [1.29, 1.82) is 0 Å². The molecule has 0 aliphatic heterocycles. The Labute approximate surface area is 189 Å². The predicted molar refractivity (Wildman–Crippen MR) is 117 cm³/mol. The fraction of sp³-hybridized carbons (Fsp3) is 0.150. The molecule has 1 amide bonds. The van der Waals surface area contributed by atoms with Crippen LogP contribution in [0.2, 0.25) is 5.15 Å². The topological polar surface area (TPSA) is 140 Å². The molecule has 0 bridgehead atoms. The van der Waals surface area contributed by atoms with Crippen molar-refractivity contribution in [3.8, 4) is 0 Å². The molecule has 0 aliphatic carbocycles. The number of nitrogens with one attached hydrogen (secondary N) is 2. The van der Waals surface area contributed by atoms with Gasteiger partial charge < -0.3 is 10.1 Å². The Bertz CT molecular complexity index is 1190. The number of ether oxygens (including phenoxy) is 1. The van der Waals surface area contributed by atoms with Crippen molar-refractivity contribution in [2.45, 2.75) is 24.3 Å². The number of carbonyl (C=O) groups excluding carboxylic acids is 2. The summed E-state index contributed by atoms with van der Waals surface area (Å²) in [4.78, 5) is 28.4. The van der Waals surface area contributed by atoms with Crippen LogP contribution in [0.1, 0.15) is 23.7 Å². The highest BCUT2D eigenvalue weighted by Crippen LogP contribution is 2.18. The van der Waals surface area contributed by atoms with E-state index in [9.17, 15) is 18.0 Å². The summed E-state index contributed by atoms with van der Waals surface area (Å²) in [6.07, 6.45) is 2.12. The molecule has 1 aromatic carbocycles. The summed E-state index contributed by atoms with van der Waals surface area (Å²) in [5.41, 5.74) is 0.609. The van der Waals surface area contributed by atoms with Gasteiger partial charge in [-0.05, 0) is 55.0 Å². The number of amides is 1. The highest BCUT2D eigenvalue weighted by atomic mass is 35.5. The zero-order valence-electron chi connectivity index (χ0n) is 16.7. The number of rotatable bonds is 8. The number of hydrogen-bond acceptors (Lipinski definition) is 8. The van der Waals surface area contributed by atoms with Crippen LogP contribution in [0, 0.1) is 0 Å². The molecule has 2 heterocycles. The van der Waals surface area contributed by atoms with Crippen LogP contribution in [0.25, 0.3) is 0 Å². The summed E-state index contributed by atoms with van der Waals surface area (Å²) < 4.78 is 32.5. The number of pyridine rings is 1. The first-order chi connectivity index (χ1) is 15.3. The highest BCUT2D eigenvalue weighted by Gasteiger charge is 2.22.